The molecule has 1 aliphatic heterocycles. The Morgan fingerprint density at radius 3 is 2.75 bits per heavy atom. The second-order valence-electron chi connectivity index (χ2n) is 8.06. The minimum atomic E-state index is 0.0943. The maximum Gasteiger partial charge on any atom is 0.254 e. The van der Waals surface area contributed by atoms with E-state index in [0.29, 0.717) is 6.54 Å². The molecular weight excluding hydrogens is 348 g/mol. The van der Waals surface area contributed by atoms with Gasteiger partial charge in [-0.15, -0.1) is 0 Å². The van der Waals surface area contributed by atoms with E-state index in [4.69, 9.17) is 0 Å². The van der Waals surface area contributed by atoms with Crippen LogP contribution >= 0.6 is 0 Å². The SMILES string of the molecule is CN1Cc2ccc(-c3ccncc3-c3cnn(CC4CCCC4)c3)cc2C1=O. The number of hydrogen-bond acceptors (Lipinski definition) is 3. The van der Waals surface area contributed by atoms with Crippen molar-refractivity contribution in [3.05, 3.63) is 60.2 Å². The molecule has 1 amide bonds. The van der Waals surface area contributed by atoms with Crippen molar-refractivity contribution in [3.8, 4) is 22.3 Å². The van der Waals surface area contributed by atoms with Crippen molar-refractivity contribution in [3.63, 3.8) is 0 Å². The molecule has 1 aliphatic carbocycles. The van der Waals surface area contributed by atoms with Gasteiger partial charge in [-0.25, -0.2) is 0 Å². The van der Waals surface area contributed by atoms with Gasteiger partial charge < -0.3 is 4.90 Å². The van der Waals surface area contributed by atoms with E-state index < -0.39 is 0 Å². The summed E-state index contributed by atoms with van der Waals surface area (Å²) in [6.45, 7) is 1.68. The Bertz CT molecular complexity index is 1030. The molecule has 3 heterocycles. The third-order valence-corrected chi connectivity index (χ3v) is 6.09. The summed E-state index contributed by atoms with van der Waals surface area (Å²) in [7, 11) is 1.85. The van der Waals surface area contributed by atoms with Crippen LogP contribution in [0.15, 0.2) is 49.1 Å². The van der Waals surface area contributed by atoms with Crippen molar-refractivity contribution in [2.45, 2.75) is 38.8 Å². The molecule has 142 valence electrons. The number of amides is 1. The van der Waals surface area contributed by atoms with Crippen LogP contribution in [-0.4, -0.2) is 32.6 Å². The molecule has 5 heteroatoms. The molecule has 5 rings (SSSR count). The van der Waals surface area contributed by atoms with Gasteiger partial charge in [-0.1, -0.05) is 25.0 Å². The topological polar surface area (TPSA) is 51.0 Å². The van der Waals surface area contributed by atoms with E-state index in [2.05, 4.69) is 33.1 Å². The second-order valence-corrected chi connectivity index (χ2v) is 8.06. The molecule has 0 bridgehead atoms. The number of fused-ring (bicyclic) bond motifs is 1. The zero-order valence-electron chi connectivity index (χ0n) is 16.1. The molecule has 1 saturated carbocycles. The normalized spacial score (nSPS) is 16.8. The van der Waals surface area contributed by atoms with Crippen LogP contribution in [0.3, 0.4) is 0 Å². The summed E-state index contributed by atoms with van der Waals surface area (Å²) in [5.41, 5.74) is 6.16. The van der Waals surface area contributed by atoms with E-state index in [1.54, 1.807) is 4.90 Å². The van der Waals surface area contributed by atoms with E-state index in [1.807, 2.05) is 37.8 Å². The lowest BCUT2D eigenvalue weighted by Crippen LogP contribution is -2.17. The Morgan fingerprint density at radius 2 is 1.89 bits per heavy atom. The van der Waals surface area contributed by atoms with E-state index in [9.17, 15) is 4.79 Å². The predicted octanol–water partition coefficient (Wildman–Crippen LogP) is 4.39. The first kappa shape index (κ1) is 17.2. The smallest absolute Gasteiger partial charge is 0.254 e. The fraction of sp³-hybridized carbons (Fsp3) is 0.348. The standard InChI is InChI=1S/C23H24N4O/c1-26-14-18-7-6-17(10-21(18)23(26)28)20-8-9-24-12-22(20)19-11-25-27(15-19)13-16-4-2-3-5-16/h6-12,15-16H,2-5,13-14H2,1H3. The van der Waals surface area contributed by atoms with Crippen LogP contribution in [0.2, 0.25) is 0 Å². The minimum Gasteiger partial charge on any atom is -0.337 e. The fourth-order valence-corrected chi connectivity index (χ4v) is 4.55. The van der Waals surface area contributed by atoms with E-state index in [-0.39, 0.29) is 5.91 Å². The van der Waals surface area contributed by atoms with E-state index >= 15 is 0 Å². The number of hydrogen-bond donors (Lipinski definition) is 0. The van der Waals surface area contributed by atoms with E-state index in [0.717, 1.165) is 45.8 Å². The predicted molar refractivity (Wildman–Crippen MR) is 109 cm³/mol. The van der Waals surface area contributed by atoms with Gasteiger partial charge in [0.15, 0.2) is 0 Å². The number of rotatable bonds is 4. The molecule has 5 nitrogen and oxygen atoms in total. The molecule has 3 aromatic rings. The monoisotopic (exact) mass is 372 g/mol. The average Bonchev–Trinajstić information content (AvgIpc) is 3.45. The Balaban J connectivity index is 1.49. The molecule has 0 atom stereocenters. The maximum atomic E-state index is 12.4. The number of nitrogens with zero attached hydrogens (tertiary/aromatic N) is 4. The third kappa shape index (κ3) is 3.01. The van der Waals surface area contributed by atoms with Crippen LogP contribution < -0.4 is 0 Å². The summed E-state index contributed by atoms with van der Waals surface area (Å²) in [6, 6.07) is 8.21. The first-order valence-electron chi connectivity index (χ1n) is 10.0. The van der Waals surface area contributed by atoms with Crippen molar-refractivity contribution >= 4 is 5.91 Å². The fourth-order valence-electron chi connectivity index (χ4n) is 4.55. The largest absolute Gasteiger partial charge is 0.337 e. The van der Waals surface area contributed by atoms with Gasteiger partial charge in [-0.3, -0.25) is 14.5 Å². The van der Waals surface area contributed by atoms with Gasteiger partial charge in [0.2, 0.25) is 0 Å². The highest BCUT2D eigenvalue weighted by molar-refractivity contribution is 5.99. The van der Waals surface area contributed by atoms with Crippen LogP contribution in [0, 0.1) is 5.92 Å². The highest BCUT2D eigenvalue weighted by atomic mass is 16.2. The minimum absolute atomic E-state index is 0.0943. The second kappa shape index (κ2) is 6.89. The molecule has 2 aliphatic rings. The molecule has 0 saturated heterocycles. The molecular formula is C23H24N4O. The molecule has 0 radical (unpaired) electrons. The van der Waals surface area contributed by atoms with Gasteiger partial charge in [0.05, 0.1) is 6.20 Å². The summed E-state index contributed by atoms with van der Waals surface area (Å²) in [4.78, 5) is 18.5. The van der Waals surface area contributed by atoms with Crippen molar-refractivity contribution < 1.29 is 4.79 Å². The van der Waals surface area contributed by atoms with Gasteiger partial charge in [-0.2, -0.15) is 5.10 Å². The van der Waals surface area contributed by atoms with Crippen molar-refractivity contribution in [1.82, 2.24) is 19.7 Å². The van der Waals surface area contributed by atoms with Gasteiger partial charge in [0, 0.05) is 55.4 Å². The quantitative estimate of drug-likeness (QED) is 0.683. The number of carbonyl (C=O) groups excluding carboxylic acids is 1. The van der Waals surface area contributed by atoms with Crippen molar-refractivity contribution in [2.24, 2.45) is 5.92 Å². The zero-order valence-corrected chi connectivity index (χ0v) is 16.1. The molecule has 0 unspecified atom stereocenters. The van der Waals surface area contributed by atoms with Crippen LogP contribution in [-0.2, 0) is 13.1 Å². The Kier molecular flexibility index (Phi) is 4.23. The Hall–Kier alpha value is -2.95. The first-order chi connectivity index (χ1) is 13.7. The number of benzene rings is 1. The van der Waals surface area contributed by atoms with E-state index in [1.165, 1.54) is 25.7 Å². The lowest BCUT2D eigenvalue weighted by Gasteiger charge is -2.10. The summed E-state index contributed by atoms with van der Waals surface area (Å²) >= 11 is 0. The Morgan fingerprint density at radius 1 is 1.04 bits per heavy atom. The Labute approximate surface area is 165 Å². The van der Waals surface area contributed by atoms with Gasteiger partial charge in [0.25, 0.3) is 5.91 Å². The van der Waals surface area contributed by atoms with Crippen LogP contribution in [0.25, 0.3) is 22.3 Å². The number of carbonyl (C=O) groups is 1. The zero-order chi connectivity index (χ0) is 19.1. The van der Waals surface area contributed by atoms with Crippen LogP contribution in [0.5, 0.6) is 0 Å². The molecule has 0 N–H and O–H groups in total. The van der Waals surface area contributed by atoms with Crippen molar-refractivity contribution in [2.75, 3.05) is 7.05 Å². The summed E-state index contributed by atoms with van der Waals surface area (Å²) in [5, 5.41) is 4.60. The third-order valence-electron chi connectivity index (χ3n) is 6.09. The van der Waals surface area contributed by atoms with Gasteiger partial charge in [0.1, 0.15) is 0 Å². The molecule has 0 spiro atoms. The van der Waals surface area contributed by atoms with Crippen LogP contribution in [0.4, 0.5) is 0 Å². The van der Waals surface area contributed by atoms with Gasteiger partial charge >= 0.3 is 0 Å². The maximum absolute atomic E-state index is 12.4. The summed E-state index contributed by atoms with van der Waals surface area (Å²) in [6.07, 6.45) is 13.1. The van der Waals surface area contributed by atoms with Crippen molar-refractivity contribution in [1.29, 1.82) is 0 Å². The highest BCUT2D eigenvalue weighted by Gasteiger charge is 2.25. The number of pyridine rings is 1. The first-order valence-corrected chi connectivity index (χ1v) is 10.0. The molecule has 1 aromatic carbocycles. The van der Waals surface area contributed by atoms with Crippen LogP contribution in [0.1, 0.15) is 41.6 Å². The molecule has 28 heavy (non-hydrogen) atoms. The lowest BCUT2D eigenvalue weighted by molar-refractivity contribution is 0.0816. The molecule has 1 fully saturated rings. The number of aromatic nitrogens is 3. The molecule has 2 aromatic heterocycles. The average molecular weight is 372 g/mol. The van der Waals surface area contributed by atoms with Gasteiger partial charge in [-0.05, 0) is 47.6 Å². The summed E-state index contributed by atoms with van der Waals surface area (Å²) < 4.78 is 2.07. The highest BCUT2D eigenvalue weighted by Crippen LogP contribution is 2.34. The lowest BCUT2D eigenvalue weighted by atomic mass is 9.95. The summed E-state index contributed by atoms with van der Waals surface area (Å²) in [5.74, 6) is 0.845.